The first-order valence-electron chi connectivity index (χ1n) is 12.0. The maximum Gasteiger partial charge on any atom is 0.429 e. The van der Waals surface area contributed by atoms with Gasteiger partial charge < -0.3 is 24.1 Å². The van der Waals surface area contributed by atoms with Gasteiger partial charge in [-0.25, -0.2) is 13.2 Å². The fourth-order valence-corrected chi connectivity index (χ4v) is 4.68. The quantitative estimate of drug-likeness (QED) is 0.330. The molecule has 0 aromatic heterocycles. The lowest BCUT2D eigenvalue weighted by atomic mass is 10.2. The van der Waals surface area contributed by atoms with Crippen molar-refractivity contribution in [3.63, 3.8) is 0 Å². The molecule has 0 saturated carbocycles. The van der Waals surface area contributed by atoms with E-state index < -0.39 is 21.7 Å². The molecule has 0 fully saturated rings. The van der Waals surface area contributed by atoms with Gasteiger partial charge in [0.25, 0.3) is 10.0 Å². The third kappa shape index (κ3) is 7.62. The summed E-state index contributed by atoms with van der Waals surface area (Å²) in [6.07, 6.45) is -0.716. The number of aliphatic hydroxyl groups excluding tert-OH is 1. The van der Waals surface area contributed by atoms with Gasteiger partial charge in [0.2, 0.25) is 0 Å². The molecule has 204 valence electrons. The lowest BCUT2D eigenvalue weighted by Gasteiger charge is -2.28. The van der Waals surface area contributed by atoms with Gasteiger partial charge in [-0.3, -0.25) is 0 Å². The average molecular weight is 544 g/mol. The summed E-state index contributed by atoms with van der Waals surface area (Å²) in [7, 11) is -2.85. The minimum atomic E-state index is -4.42. The zero-order valence-corrected chi connectivity index (χ0v) is 22.7. The van der Waals surface area contributed by atoms with Crippen molar-refractivity contribution >= 4 is 21.8 Å². The fraction of sp³-hybridized carbons (Fsp3) is 0.321. The summed E-state index contributed by atoms with van der Waals surface area (Å²) in [5.74, 6) is 1.10. The van der Waals surface area contributed by atoms with Gasteiger partial charge >= 0.3 is 6.09 Å². The topological polar surface area (TPSA) is 112 Å². The van der Waals surface area contributed by atoms with Gasteiger partial charge in [0.1, 0.15) is 35.1 Å². The van der Waals surface area contributed by atoms with Gasteiger partial charge in [-0.05, 0) is 62.7 Å². The number of benzene rings is 3. The van der Waals surface area contributed by atoms with E-state index in [1.54, 1.807) is 64.3 Å². The SMILES string of the molecule is COc1ccc(COc2ccc(OCCCO)cc2N(C(=O)OC(C)(C)C)S(=O)(=O)c2ccccc2)cc1. The summed E-state index contributed by atoms with van der Waals surface area (Å²) >= 11 is 0. The molecule has 0 bridgehead atoms. The monoisotopic (exact) mass is 543 g/mol. The molecule has 3 aromatic carbocycles. The van der Waals surface area contributed by atoms with Crippen LogP contribution in [0.1, 0.15) is 32.8 Å². The lowest BCUT2D eigenvalue weighted by molar-refractivity contribution is 0.0608. The van der Waals surface area contributed by atoms with E-state index in [9.17, 15) is 13.2 Å². The van der Waals surface area contributed by atoms with Crippen molar-refractivity contribution in [1.29, 1.82) is 0 Å². The Morgan fingerprint density at radius 3 is 2.18 bits per heavy atom. The van der Waals surface area contributed by atoms with Crippen LogP contribution in [0.25, 0.3) is 0 Å². The van der Waals surface area contributed by atoms with Gasteiger partial charge in [-0.1, -0.05) is 30.3 Å². The zero-order valence-electron chi connectivity index (χ0n) is 21.9. The molecule has 10 heteroatoms. The van der Waals surface area contributed by atoms with Crippen LogP contribution in [0.5, 0.6) is 17.2 Å². The number of methoxy groups -OCH3 is 1. The number of hydrogen-bond donors (Lipinski definition) is 1. The molecule has 38 heavy (non-hydrogen) atoms. The predicted octanol–water partition coefficient (Wildman–Crippen LogP) is 5.17. The molecule has 1 amide bonds. The molecule has 0 atom stereocenters. The van der Waals surface area contributed by atoms with Crippen LogP contribution < -0.4 is 18.5 Å². The van der Waals surface area contributed by atoms with E-state index >= 15 is 0 Å². The Bertz CT molecular complexity index is 1300. The highest BCUT2D eigenvalue weighted by Gasteiger charge is 2.37. The number of nitrogens with zero attached hydrogens (tertiary/aromatic N) is 1. The Kier molecular flexibility index (Phi) is 9.60. The number of aliphatic hydroxyl groups is 1. The second-order valence-corrected chi connectivity index (χ2v) is 11.0. The Balaban J connectivity index is 2.09. The van der Waals surface area contributed by atoms with Crippen LogP contribution in [0.4, 0.5) is 10.5 Å². The summed E-state index contributed by atoms with van der Waals surface area (Å²) in [6, 6.07) is 19.3. The fourth-order valence-electron chi connectivity index (χ4n) is 3.33. The van der Waals surface area contributed by atoms with Crippen molar-refractivity contribution in [2.24, 2.45) is 0 Å². The molecule has 9 nitrogen and oxygen atoms in total. The van der Waals surface area contributed by atoms with Gasteiger partial charge in [-0.15, -0.1) is 0 Å². The highest BCUT2D eigenvalue weighted by molar-refractivity contribution is 7.93. The minimum Gasteiger partial charge on any atom is -0.497 e. The maximum absolute atomic E-state index is 13.8. The van der Waals surface area contributed by atoms with Crippen LogP contribution in [0.3, 0.4) is 0 Å². The highest BCUT2D eigenvalue weighted by Crippen LogP contribution is 2.37. The van der Waals surface area contributed by atoms with E-state index in [1.165, 1.54) is 24.3 Å². The second-order valence-electron chi connectivity index (χ2n) is 9.25. The Morgan fingerprint density at radius 2 is 1.58 bits per heavy atom. The number of sulfonamides is 1. The van der Waals surface area contributed by atoms with E-state index in [1.807, 2.05) is 12.1 Å². The third-order valence-corrected chi connectivity index (χ3v) is 6.81. The first-order chi connectivity index (χ1) is 18.0. The maximum atomic E-state index is 13.8. The summed E-state index contributed by atoms with van der Waals surface area (Å²) in [5.41, 5.74) is -0.242. The van der Waals surface area contributed by atoms with Crippen molar-refractivity contribution in [3.05, 3.63) is 78.4 Å². The number of rotatable bonds is 11. The molecule has 0 unspecified atom stereocenters. The normalized spacial score (nSPS) is 11.5. The van der Waals surface area contributed by atoms with Crippen molar-refractivity contribution in [2.75, 3.05) is 24.6 Å². The molecule has 0 aliphatic heterocycles. The number of carbonyl (C=O) groups excluding carboxylic acids is 1. The molecular weight excluding hydrogens is 510 g/mol. The van der Waals surface area contributed by atoms with Gasteiger partial charge in [0.15, 0.2) is 0 Å². The van der Waals surface area contributed by atoms with Crippen LogP contribution in [-0.2, 0) is 21.4 Å². The summed E-state index contributed by atoms with van der Waals surface area (Å²) in [5, 5.41) is 9.10. The summed E-state index contributed by atoms with van der Waals surface area (Å²) in [6.45, 7) is 5.16. The van der Waals surface area contributed by atoms with Crippen LogP contribution in [0, 0.1) is 0 Å². The number of carbonyl (C=O) groups is 1. The van der Waals surface area contributed by atoms with E-state index in [2.05, 4.69) is 0 Å². The van der Waals surface area contributed by atoms with Crippen molar-refractivity contribution in [1.82, 2.24) is 0 Å². The molecule has 0 radical (unpaired) electrons. The molecule has 0 aliphatic rings. The molecule has 0 heterocycles. The number of hydrogen-bond acceptors (Lipinski definition) is 8. The minimum absolute atomic E-state index is 0.0671. The smallest absolute Gasteiger partial charge is 0.429 e. The molecule has 0 spiro atoms. The van der Waals surface area contributed by atoms with Crippen LogP contribution in [0.15, 0.2) is 77.7 Å². The van der Waals surface area contributed by atoms with Crippen molar-refractivity contribution < 1.29 is 37.3 Å². The third-order valence-electron chi connectivity index (χ3n) is 5.11. The van der Waals surface area contributed by atoms with Crippen molar-refractivity contribution in [2.45, 2.75) is 44.3 Å². The van der Waals surface area contributed by atoms with Crippen LogP contribution in [0.2, 0.25) is 0 Å². The summed E-state index contributed by atoms with van der Waals surface area (Å²) < 4.78 is 50.6. The van der Waals surface area contributed by atoms with Crippen LogP contribution >= 0.6 is 0 Å². The Labute approximate surface area is 223 Å². The largest absolute Gasteiger partial charge is 0.497 e. The molecular formula is C28H33NO8S. The van der Waals surface area contributed by atoms with Gasteiger partial charge in [0, 0.05) is 19.1 Å². The van der Waals surface area contributed by atoms with Crippen molar-refractivity contribution in [3.8, 4) is 17.2 Å². The van der Waals surface area contributed by atoms with E-state index in [0.29, 0.717) is 22.2 Å². The van der Waals surface area contributed by atoms with E-state index in [0.717, 1.165) is 5.56 Å². The highest BCUT2D eigenvalue weighted by atomic mass is 32.2. The van der Waals surface area contributed by atoms with E-state index in [4.69, 9.17) is 24.1 Å². The van der Waals surface area contributed by atoms with E-state index in [-0.39, 0.29) is 36.2 Å². The molecule has 0 saturated heterocycles. The summed E-state index contributed by atoms with van der Waals surface area (Å²) in [4.78, 5) is 13.3. The average Bonchev–Trinajstić information content (AvgIpc) is 2.88. The zero-order chi connectivity index (χ0) is 27.8. The number of amides is 1. The predicted molar refractivity (Wildman–Crippen MR) is 143 cm³/mol. The van der Waals surface area contributed by atoms with Gasteiger partial charge in [-0.2, -0.15) is 4.31 Å². The Morgan fingerprint density at radius 1 is 0.921 bits per heavy atom. The number of ether oxygens (including phenoxy) is 4. The molecule has 1 N–H and O–H groups in total. The second kappa shape index (κ2) is 12.7. The first-order valence-corrected chi connectivity index (χ1v) is 13.5. The Hall–Kier alpha value is -3.76. The molecule has 3 rings (SSSR count). The van der Waals surface area contributed by atoms with Crippen LogP contribution in [-0.4, -0.2) is 45.5 Å². The molecule has 3 aromatic rings. The standard InChI is InChI=1S/C28H33NO8S/c1-28(2,3)37-27(31)29(38(32,33)24-9-6-5-7-10-24)25-19-23(35-18-8-17-30)15-16-26(25)36-20-21-11-13-22(34-4)14-12-21/h5-7,9-16,19,30H,8,17-18,20H2,1-4H3. The van der Waals surface area contributed by atoms with Gasteiger partial charge in [0.05, 0.1) is 18.6 Å². The first kappa shape index (κ1) is 28.8. The molecule has 0 aliphatic carbocycles. The lowest BCUT2D eigenvalue weighted by Crippen LogP contribution is -2.41. The number of anilines is 1.